The Bertz CT molecular complexity index is 1050. The fourth-order valence-electron chi connectivity index (χ4n) is 10.5. The number of aliphatic hydroxyl groups excluding tert-OH is 2. The van der Waals surface area contributed by atoms with Gasteiger partial charge in [0.05, 0.1) is 24.9 Å². The van der Waals surface area contributed by atoms with Crippen LogP contribution in [-0.2, 0) is 19.1 Å². The summed E-state index contributed by atoms with van der Waals surface area (Å²) in [6.45, 7) is 12.3. The van der Waals surface area contributed by atoms with Crippen LogP contribution in [0.4, 0.5) is 0 Å². The average Bonchev–Trinajstić information content (AvgIpc) is 3.00. The van der Waals surface area contributed by atoms with Crippen molar-refractivity contribution in [1.82, 2.24) is 0 Å². The molecule has 37 heavy (non-hydrogen) atoms. The summed E-state index contributed by atoms with van der Waals surface area (Å²) >= 11 is 0. The SMILES string of the molecule is C=C1CCC2(C)CCC3(C)C4C(O)CC5(C(C)O)COC(=O)C=CC5C4(C)CCC3(C(=O)OC)C2(O)C1. The number of methoxy groups -OCH3 is 1. The number of ether oxygens (including phenoxy) is 2. The van der Waals surface area contributed by atoms with E-state index in [4.69, 9.17) is 9.47 Å². The van der Waals surface area contributed by atoms with E-state index in [1.807, 2.05) is 6.08 Å². The Balaban J connectivity index is 1.73. The van der Waals surface area contributed by atoms with Crippen molar-refractivity contribution in [2.75, 3.05) is 13.7 Å². The second-order valence-electron chi connectivity index (χ2n) is 13.8. The van der Waals surface area contributed by atoms with E-state index in [0.29, 0.717) is 25.7 Å². The molecule has 0 aromatic rings. The van der Waals surface area contributed by atoms with Gasteiger partial charge in [-0.25, -0.2) is 4.79 Å². The first-order valence-electron chi connectivity index (χ1n) is 13.9. The molecule has 7 nitrogen and oxygen atoms in total. The highest BCUT2D eigenvalue weighted by Crippen LogP contribution is 2.78. The monoisotopic (exact) mass is 516 g/mol. The Labute approximate surface area is 220 Å². The van der Waals surface area contributed by atoms with E-state index >= 15 is 0 Å². The first-order valence-corrected chi connectivity index (χ1v) is 13.9. The Morgan fingerprint density at radius 1 is 1.19 bits per heavy atom. The number of aliphatic hydroxyl groups is 3. The summed E-state index contributed by atoms with van der Waals surface area (Å²) < 4.78 is 11.0. The van der Waals surface area contributed by atoms with Crippen molar-refractivity contribution in [2.24, 2.45) is 38.9 Å². The third-order valence-electron chi connectivity index (χ3n) is 12.4. The predicted octanol–water partition coefficient (Wildman–Crippen LogP) is 3.70. The van der Waals surface area contributed by atoms with Crippen LogP contribution >= 0.6 is 0 Å². The van der Waals surface area contributed by atoms with Crippen LogP contribution in [0.5, 0.6) is 0 Å². The summed E-state index contributed by atoms with van der Waals surface area (Å²) in [6, 6.07) is 0. The summed E-state index contributed by atoms with van der Waals surface area (Å²) in [5, 5.41) is 35.9. The molecule has 0 aromatic carbocycles. The molecule has 4 fully saturated rings. The molecule has 0 radical (unpaired) electrons. The van der Waals surface area contributed by atoms with E-state index in [1.165, 1.54) is 13.2 Å². The van der Waals surface area contributed by atoms with Gasteiger partial charge in [0.2, 0.25) is 0 Å². The zero-order chi connectivity index (χ0) is 27.2. The molecule has 10 unspecified atom stereocenters. The lowest BCUT2D eigenvalue weighted by molar-refractivity contribution is -0.321. The second kappa shape index (κ2) is 8.15. The number of hydrogen-bond acceptors (Lipinski definition) is 7. The van der Waals surface area contributed by atoms with Crippen LogP contribution in [0.3, 0.4) is 0 Å². The molecule has 5 rings (SSSR count). The minimum absolute atomic E-state index is 0.0290. The van der Waals surface area contributed by atoms with Crippen molar-refractivity contribution in [2.45, 2.75) is 96.9 Å². The normalized spacial score (nSPS) is 51.9. The van der Waals surface area contributed by atoms with Gasteiger partial charge in [-0.1, -0.05) is 39.0 Å². The molecule has 1 aliphatic heterocycles. The van der Waals surface area contributed by atoms with Gasteiger partial charge >= 0.3 is 11.9 Å². The Hall–Kier alpha value is -1.70. The molecule has 0 bridgehead atoms. The third-order valence-corrected chi connectivity index (χ3v) is 12.4. The van der Waals surface area contributed by atoms with Crippen LogP contribution in [0.25, 0.3) is 0 Å². The molecule has 1 heterocycles. The van der Waals surface area contributed by atoms with Gasteiger partial charge in [-0.2, -0.15) is 0 Å². The lowest BCUT2D eigenvalue weighted by Crippen LogP contribution is -2.78. The molecule has 7 heteroatoms. The highest BCUT2D eigenvalue weighted by Gasteiger charge is 2.80. The molecular formula is C30H44O7. The predicted molar refractivity (Wildman–Crippen MR) is 137 cm³/mol. The van der Waals surface area contributed by atoms with Crippen molar-refractivity contribution in [3.63, 3.8) is 0 Å². The van der Waals surface area contributed by atoms with E-state index in [9.17, 15) is 24.9 Å². The molecule has 5 aliphatic rings. The first-order chi connectivity index (χ1) is 17.2. The van der Waals surface area contributed by atoms with E-state index in [0.717, 1.165) is 24.8 Å². The molecule has 206 valence electrons. The minimum atomic E-state index is -1.35. The number of carbonyl (C=O) groups is 2. The van der Waals surface area contributed by atoms with Crippen molar-refractivity contribution in [1.29, 1.82) is 0 Å². The highest BCUT2D eigenvalue weighted by molar-refractivity contribution is 5.82. The topological polar surface area (TPSA) is 113 Å². The maximum Gasteiger partial charge on any atom is 0.330 e. The lowest BCUT2D eigenvalue weighted by atomic mass is 9.29. The Morgan fingerprint density at radius 2 is 1.89 bits per heavy atom. The number of allylic oxidation sites excluding steroid dienone is 1. The lowest BCUT2D eigenvalue weighted by Gasteiger charge is -2.75. The Morgan fingerprint density at radius 3 is 2.54 bits per heavy atom. The number of hydrogen-bond donors (Lipinski definition) is 3. The van der Waals surface area contributed by atoms with E-state index in [-0.39, 0.29) is 24.9 Å². The molecule has 0 spiro atoms. The number of esters is 2. The molecule has 4 aliphatic carbocycles. The molecule has 0 saturated heterocycles. The van der Waals surface area contributed by atoms with Crippen LogP contribution < -0.4 is 0 Å². The van der Waals surface area contributed by atoms with E-state index in [1.54, 1.807) is 6.92 Å². The summed E-state index contributed by atoms with van der Waals surface area (Å²) in [5.74, 6) is -1.48. The number of cyclic esters (lactones) is 1. The van der Waals surface area contributed by atoms with Crippen molar-refractivity contribution in [3.05, 3.63) is 24.3 Å². The smallest absolute Gasteiger partial charge is 0.330 e. The Kier molecular flexibility index (Phi) is 5.93. The summed E-state index contributed by atoms with van der Waals surface area (Å²) in [7, 11) is 1.39. The molecule has 10 atom stereocenters. The minimum Gasteiger partial charge on any atom is -0.468 e. The number of fused-ring (bicyclic) bond motifs is 7. The zero-order valence-electron chi connectivity index (χ0n) is 23.0. The fourth-order valence-corrected chi connectivity index (χ4v) is 10.5. The van der Waals surface area contributed by atoms with Gasteiger partial charge in [0.25, 0.3) is 0 Å². The van der Waals surface area contributed by atoms with Gasteiger partial charge in [-0.15, -0.1) is 0 Å². The quantitative estimate of drug-likeness (QED) is 0.379. The van der Waals surface area contributed by atoms with E-state index < -0.39 is 56.8 Å². The molecule has 0 amide bonds. The van der Waals surface area contributed by atoms with Gasteiger partial charge in [0, 0.05) is 11.5 Å². The fraction of sp³-hybridized carbons (Fsp3) is 0.800. The summed E-state index contributed by atoms with van der Waals surface area (Å²) in [6.07, 6.45) is 6.14. The average molecular weight is 517 g/mol. The summed E-state index contributed by atoms with van der Waals surface area (Å²) in [4.78, 5) is 26.4. The van der Waals surface area contributed by atoms with Crippen LogP contribution in [0.1, 0.15) is 79.1 Å². The number of carbonyl (C=O) groups excluding carboxylic acids is 2. The van der Waals surface area contributed by atoms with Crippen LogP contribution in [0.15, 0.2) is 24.3 Å². The van der Waals surface area contributed by atoms with Gasteiger partial charge in [-0.05, 0) is 86.4 Å². The second-order valence-corrected chi connectivity index (χ2v) is 13.8. The largest absolute Gasteiger partial charge is 0.468 e. The third kappa shape index (κ3) is 3.05. The zero-order valence-corrected chi connectivity index (χ0v) is 23.0. The van der Waals surface area contributed by atoms with Crippen LogP contribution in [0.2, 0.25) is 0 Å². The maximum atomic E-state index is 14.1. The summed E-state index contributed by atoms with van der Waals surface area (Å²) in [5.41, 5.74) is -4.28. The molecule has 0 aromatic heterocycles. The van der Waals surface area contributed by atoms with Crippen LogP contribution in [0, 0.1) is 38.9 Å². The first kappa shape index (κ1) is 26.9. The standard InChI is InChI=1S/C30H44O7/c1-18-9-10-25(3)11-13-27(5)23-20(32)16-28(19(2)31)17-37-22(33)8-7-21(28)26(23,4)12-14-29(27,24(34)36-6)30(25,35)15-18/h7-8,19-21,23,31-32,35H,1,9-17H2,2-6H3. The van der Waals surface area contributed by atoms with Crippen molar-refractivity contribution < 1.29 is 34.4 Å². The molecule has 3 N–H and O–H groups in total. The van der Waals surface area contributed by atoms with Gasteiger partial charge in [0.1, 0.15) is 12.0 Å². The molecular weight excluding hydrogens is 472 g/mol. The molecule has 4 saturated carbocycles. The van der Waals surface area contributed by atoms with Crippen molar-refractivity contribution in [3.8, 4) is 0 Å². The van der Waals surface area contributed by atoms with Crippen LogP contribution in [-0.4, -0.2) is 58.8 Å². The number of rotatable bonds is 2. The van der Waals surface area contributed by atoms with Crippen molar-refractivity contribution >= 4 is 11.9 Å². The van der Waals surface area contributed by atoms with Gasteiger partial charge < -0.3 is 24.8 Å². The maximum absolute atomic E-state index is 14.1. The van der Waals surface area contributed by atoms with Gasteiger partial charge in [-0.3, -0.25) is 4.79 Å². The van der Waals surface area contributed by atoms with Gasteiger partial charge in [0.15, 0.2) is 0 Å². The highest BCUT2D eigenvalue weighted by atomic mass is 16.5. The van der Waals surface area contributed by atoms with E-state index in [2.05, 4.69) is 27.4 Å².